The van der Waals surface area contributed by atoms with Gasteiger partial charge < -0.3 is 10.2 Å². The number of anilines is 1. The Morgan fingerprint density at radius 1 is 1.20 bits per heavy atom. The highest BCUT2D eigenvalue weighted by atomic mass is 35.5. The van der Waals surface area contributed by atoms with Crippen LogP contribution in [0.2, 0.25) is 5.02 Å². The van der Waals surface area contributed by atoms with Gasteiger partial charge in [0.2, 0.25) is 0 Å². The molecule has 20 heavy (non-hydrogen) atoms. The topological polar surface area (TPSA) is 15.3 Å². The van der Waals surface area contributed by atoms with Crippen LogP contribution < -0.4 is 10.2 Å². The zero-order valence-corrected chi connectivity index (χ0v) is 13.1. The van der Waals surface area contributed by atoms with Crippen LogP contribution in [0.3, 0.4) is 0 Å². The highest BCUT2D eigenvalue weighted by Crippen LogP contribution is 2.31. The first-order valence-electron chi connectivity index (χ1n) is 8.02. The number of hydrogen-bond acceptors (Lipinski definition) is 2. The molecule has 1 saturated carbocycles. The molecule has 110 valence electrons. The summed E-state index contributed by atoms with van der Waals surface area (Å²) < 4.78 is 0. The second kappa shape index (κ2) is 6.36. The van der Waals surface area contributed by atoms with E-state index in [0.717, 1.165) is 24.2 Å². The summed E-state index contributed by atoms with van der Waals surface area (Å²) in [5.41, 5.74) is 2.52. The van der Waals surface area contributed by atoms with Crippen molar-refractivity contribution in [1.82, 2.24) is 5.32 Å². The smallest absolute Gasteiger partial charge is 0.0642 e. The molecule has 1 heterocycles. The van der Waals surface area contributed by atoms with Gasteiger partial charge in [-0.2, -0.15) is 0 Å². The van der Waals surface area contributed by atoms with Crippen molar-refractivity contribution >= 4 is 17.3 Å². The minimum atomic E-state index is 0.602. The summed E-state index contributed by atoms with van der Waals surface area (Å²) in [6.45, 7) is 4.41. The van der Waals surface area contributed by atoms with Crippen LogP contribution in [0.15, 0.2) is 18.2 Å². The van der Waals surface area contributed by atoms with Gasteiger partial charge in [0.1, 0.15) is 0 Å². The Hall–Kier alpha value is -0.730. The first-order chi connectivity index (χ1) is 9.74. The van der Waals surface area contributed by atoms with Crippen LogP contribution in [0.5, 0.6) is 0 Å². The molecule has 1 unspecified atom stereocenters. The van der Waals surface area contributed by atoms with Crippen LogP contribution in [0.25, 0.3) is 0 Å². The quantitative estimate of drug-likeness (QED) is 0.887. The van der Waals surface area contributed by atoms with Crippen molar-refractivity contribution in [1.29, 1.82) is 0 Å². The zero-order valence-electron chi connectivity index (χ0n) is 12.4. The van der Waals surface area contributed by atoms with Crippen molar-refractivity contribution < 1.29 is 0 Å². The van der Waals surface area contributed by atoms with Crippen LogP contribution in [0.4, 0.5) is 5.69 Å². The molecule has 2 aliphatic rings. The molecule has 1 aliphatic carbocycles. The second-order valence-electron chi connectivity index (χ2n) is 6.33. The fraction of sp³-hybridized carbons (Fsp3) is 0.647. The molecular formula is C17H25ClN2. The number of benzene rings is 1. The number of nitrogens with zero attached hydrogens (tertiary/aromatic N) is 1. The maximum atomic E-state index is 6.54. The van der Waals surface area contributed by atoms with Crippen molar-refractivity contribution in [2.75, 3.05) is 11.4 Å². The van der Waals surface area contributed by atoms with Crippen LogP contribution >= 0.6 is 11.6 Å². The normalized spacial score (nSPS) is 23.7. The molecule has 2 nitrogen and oxygen atoms in total. The lowest BCUT2D eigenvalue weighted by atomic mass is 10.1. The first-order valence-corrected chi connectivity index (χ1v) is 8.40. The van der Waals surface area contributed by atoms with Gasteiger partial charge in [0.05, 0.1) is 10.7 Å². The lowest BCUT2D eigenvalue weighted by Gasteiger charge is -2.30. The van der Waals surface area contributed by atoms with Crippen LogP contribution in [-0.4, -0.2) is 18.6 Å². The standard InChI is InChI=1S/C17H25ClN2/c1-13-5-3-2-4-10-20(13)17-9-6-14(11-16(17)18)12-19-15-7-8-15/h6,9,11,13,15,19H,2-5,7-8,10,12H2,1H3. The average molecular weight is 293 g/mol. The Bertz CT molecular complexity index is 456. The Morgan fingerprint density at radius 2 is 2.05 bits per heavy atom. The summed E-state index contributed by atoms with van der Waals surface area (Å²) >= 11 is 6.54. The lowest BCUT2D eigenvalue weighted by molar-refractivity contribution is 0.616. The van der Waals surface area contributed by atoms with Gasteiger partial charge in [-0.1, -0.05) is 30.5 Å². The molecule has 1 aromatic rings. The van der Waals surface area contributed by atoms with Gasteiger partial charge in [-0.3, -0.25) is 0 Å². The van der Waals surface area contributed by atoms with E-state index in [1.54, 1.807) is 0 Å². The number of hydrogen-bond donors (Lipinski definition) is 1. The molecule has 0 bridgehead atoms. The first kappa shape index (κ1) is 14.2. The third kappa shape index (κ3) is 3.48. The third-order valence-corrected chi connectivity index (χ3v) is 4.85. The molecule has 3 rings (SSSR count). The summed E-state index contributed by atoms with van der Waals surface area (Å²) in [6, 6.07) is 7.94. The Morgan fingerprint density at radius 3 is 2.80 bits per heavy atom. The SMILES string of the molecule is CC1CCCCCN1c1ccc(CNC2CC2)cc1Cl. The predicted octanol–water partition coefficient (Wildman–Crippen LogP) is 4.36. The van der Waals surface area contributed by atoms with E-state index < -0.39 is 0 Å². The van der Waals surface area contributed by atoms with Gasteiger partial charge in [-0.05, 0) is 50.3 Å². The third-order valence-electron chi connectivity index (χ3n) is 4.55. The minimum absolute atomic E-state index is 0.602. The van der Waals surface area contributed by atoms with Gasteiger partial charge in [-0.15, -0.1) is 0 Å². The number of halogens is 1. The van der Waals surface area contributed by atoms with Crippen molar-refractivity contribution in [2.24, 2.45) is 0 Å². The molecule has 1 N–H and O–H groups in total. The summed E-state index contributed by atoms with van der Waals surface area (Å²) in [4.78, 5) is 2.49. The van der Waals surface area contributed by atoms with E-state index in [9.17, 15) is 0 Å². The second-order valence-corrected chi connectivity index (χ2v) is 6.74. The van der Waals surface area contributed by atoms with Crippen LogP contribution in [-0.2, 0) is 6.54 Å². The molecule has 1 aliphatic heterocycles. The van der Waals surface area contributed by atoms with E-state index in [2.05, 4.69) is 35.3 Å². The molecule has 3 heteroatoms. The summed E-state index contributed by atoms with van der Waals surface area (Å²) in [7, 11) is 0. The zero-order chi connectivity index (χ0) is 13.9. The van der Waals surface area contributed by atoms with Crippen molar-refractivity contribution in [2.45, 2.75) is 64.1 Å². The minimum Gasteiger partial charge on any atom is -0.368 e. The monoisotopic (exact) mass is 292 g/mol. The summed E-state index contributed by atoms with van der Waals surface area (Å²) in [5, 5.41) is 4.46. The molecular weight excluding hydrogens is 268 g/mol. The fourth-order valence-electron chi connectivity index (χ4n) is 3.08. The van der Waals surface area contributed by atoms with Crippen molar-refractivity contribution in [3.63, 3.8) is 0 Å². The Balaban J connectivity index is 1.71. The van der Waals surface area contributed by atoms with E-state index in [0.29, 0.717) is 6.04 Å². The van der Waals surface area contributed by atoms with E-state index in [4.69, 9.17) is 11.6 Å². The molecule has 1 aromatic carbocycles. The molecule has 0 radical (unpaired) electrons. The van der Waals surface area contributed by atoms with Crippen LogP contribution in [0.1, 0.15) is 51.0 Å². The number of nitrogens with one attached hydrogen (secondary N) is 1. The molecule has 1 saturated heterocycles. The van der Waals surface area contributed by atoms with Gasteiger partial charge in [-0.25, -0.2) is 0 Å². The molecule has 1 atom stereocenters. The Labute approximate surface area is 127 Å². The van der Waals surface area contributed by atoms with Crippen molar-refractivity contribution in [3.05, 3.63) is 28.8 Å². The van der Waals surface area contributed by atoms with Gasteiger partial charge in [0, 0.05) is 25.2 Å². The Kier molecular flexibility index (Phi) is 4.52. The highest BCUT2D eigenvalue weighted by Gasteiger charge is 2.21. The average Bonchev–Trinajstić information content (AvgIpc) is 3.25. The maximum absolute atomic E-state index is 6.54. The molecule has 0 amide bonds. The van der Waals surface area contributed by atoms with Crippen molar-refractivity contribution in [3.8, 4) is 0 Å². The number of rotatable bonds is 4. The van der Waals surface area contributed by atoms with E-state index in [-0.39, 0.29) is 0 Å². The van der Waals surface area contributed by atoms with E-state index in [1.165, 1.54) is 49.8 Å². The van der Waals surface area contributed by atoms with E-state index in [1.807, 2.05) is 0 Å². The summed E-state index contributed by atoms with van der Waals surface area (Å²) in [5.74, 6) is 0. The molecule has 2 fully saturated rings. The maximum Gasteiger partial charge on any atom is 0.0642 e. The van der Waals surface area contributed by atoms with E-state index >= 15 is 0 Å². The predicted molar refractivity (Wildman–Crippen MR) is 86.6 cm³/mol. The summed E-state index contributed by atoms with van der Waals surface area (Å²) in [6.07, 6.45) is 7.92. The van der Waals surface area contributed by atoms with Gasteiger partial charge in [0.25, 0.3) is 0 Å². The molecule has 0 spiro atoms. The van der Waals surface area contributed by atoms with Crippen LogP contribution in [0, 0.1) is 0 Å². The van der Waals surface area contributed by atoms with Gasteiger partial charge >= 0.3 is 0 Å². The van der Waals surface area contributed by atoms with Gasteiger partial charge in [0.15, 0.2) is 0 Å². The largest absolute Gasteiger partial charge is 0.368 e. The highest BCUT2D eigenvalue weighted by molar-refractivity contribution is 6.33. The molecule has 0 aromatic heterocycles. The lowest BCUT2D eigenvalue weighted by Crippen LogP contribution is -2.32. The fourth-order valence-corrected chi connectivity index (χ4v) is 3.39.